The van der Waals surface area contributed by atoms with Gasteiger partial charge in [-0.15, -0.1) is 0 Å². The van der Waals surface area contributed by atoms with E-state index < -0.39 is 0 Å². The molecular formula is C19H34N4O3. The Bertz CT molecular complexity index is 538. The Morgan fingerprint density at radius 2 is 1.85 bits per heavy atom. The molecule has 0 fully saturated rings. The summed E-state index contributed by atoms with van der Waals surface area (Å²) in [6, 6.07) is 5.85. The normalized spacial score (nSPS) is 11.5. The van der Waals surface area contributed by atoms with Crippen LogP contribution in [0.4, 0.5) is 0 Å². The van der Waals surface area contributed by atoms with E-state index in [-0.39, 0.29) is 0 Å². The van der Waals surface area contributed by atoms with E-state index in [4.69, 9.17) is 14.2 Å². The molecule has 0 bridgehead atoms. The standard InChI is InChI=1S/C19H34N4O3/c1-6-20-19(21-10-12-23(2)11-7-13-24-3)22-15-16-8-9-17(25-4)18(14-16)26-5/h8-9,14H,6-7,10-13,15H2,1-5H3,(H2,20,21,22). The summed E-state index contributed by atoms with van der Waals surface area (Å²) in [6.45, 7) is 7.05. The van der Waals surface area contributed by atoms with Gasteiger partial charge in [0.15, 0.2) is 17.5 Å². The highest BCUT2D eigenvalue weighted by Crippen LogP contribution is 2.27. The van der Waals surface area contributed by atoms with Crippen LogP contribution in [0.3, 0.4) is 0 Å². The van der Waals surface area contributed by atoms with Crippen LogP contribution < -0.4 is 20.1 Å². The predicted molar refractivity (Wildman–Crippen MR) is 106 cm³/mol. The zero-order chi connectivity index (χ0) is 19.2. The Balaban J connectivity index is 2.52. The van der Waals surface area contributed by atoms with Crippen molar-refractivity contribution >= 4 is 5.96 Å². The number of aliphatic imine (C=N–C) groups is 1. The highest BCUT2D eigenvalue weighted by Gasteiger charge is 2.05. The van der Waals surface area contributed by atoms with Crippen LogP contribution in [-0.4, -0.2) is 72.0 Å². The number of benzene rings is 1. The van der Waals surface area contributed by atoms with Gasteiger partial charge in [0.25, 0.3) is 0 Å². The first-order valence-electron chi connectivity index (χ1n) is 9.05. The highest BCUT2D eigenvalue weighted by atomic mass is 16.5. The van der Waals surface area contributed by atoms with E-state index in [9.17, 15) is 0 Å². The van der Waals surface area contributed by atoms with E-state index in [2.05, 4.69) is 34.5 Å². The number of rotatable bonds is 12. The number of hydrogen-bond acceptors (Lipinski definition) is 5. The van der Waals surface area contributed by atoms with Gasteiger partial charge >= 0.3 is 0 Å². The van der Waals surface area contributed by atoms with Crippen molar-refractivity contribution in [3.8, 4) is 11.5 Å². The van der Waals surface area contributed by atoms with Crippen LogP contribution in [0.5, 0.6) is 11.5 Å². The van der Waals surface area contributed by atoms with Crippen LogP contribution in [0.25, 0.3) is 0 Å². The van der Waals surface area contributed by atoms with Crippen LogP contribution in [0.2, 0.25) is 0 Å². The Morgan fingerprint density at radius 1 is 1.08 bits per heavy atom. The first-order chi connectivity index (χ1) is 12.6. The number of likely N-dealkylation sites (N-methyl/N-ethyl adjacent to an activating group) is 1. The van der Waals surface area contributed by atoms with Crippen LogP contribution in [-0.2, 0) is 11.3 Å². The molecule has 7 heteroatoms. The summed E-state index contributed by atoms with van der Waals surface area (Å²) < 4.78 is 15.7. The van der Waals surface area contributed by atoms with Gasteiger partial charge in [0.05, 0.1) is 20.8 Å². The SMILES string of the molecule is CCNC(=NCc1ccc(OC)c(OC)c1)NCCN(C)CCCOC. The molecule has 0 aliphatic rings. The molecule has 0 amide bonds. The molecule has 0 atom stereocenters. The summed E-state index contributed by atoms with van der Waals surface area (Å²) in [7, 11) is 7.12. The zero-order valence-corrected chi connectivity index (χ0v) is 16.8. The fraction of sp³-hybridized carbons (Fsp3) is 0.632. The lowest BCUT2D eigenvalue weighted by Crippen LogP contribution is -2.41. The third kappa shape index (κ3) is 8.40. The molecule has 0 saturated heterocycles. The second-order valence-corrected chi connectivity index (χ2v) is 5.96. The van der Waals surface area contributed by atoms with Crippen LogP contribution >= 0.6 is 0 Å². The quantitative estimate of drug-likeness (QED) is 0.334. The van der Waals surface area contributed by atoms with Gasteiger partial charge in [-0.3, -0.25) is 0 Å². The van der Waals surface area contributed by atoms with Gasteiger partial charge < -0.3 is 29.7 Å². The molecule has 0 aliphatic heterocycles. The van der Waals surface area contributed by atoms with Crippen LogP contribution in [0, 0.1) is 0 Å². The number of ether oxygens (including phenoxy) is 3. The molecule has 1 aromatic carbocycles. The second-order valence-electron chi connectivity index (χ2n) is 5.96. The molecule has 0 unspecified atom stereocenters. The maximum absolute atomic E-state index is 5.34. The summed E-state index contributed by atoms with van der Waals surface area (Å²) in [5, 5.41) is 6.65. The average Bonchev–Trinajstić information content (AvgIpc) is 2.66. The molecule has 7 nitrogen and oxygen atoms in total. The molecule has 0 spiro atoms. The number of nitrogens with zero attached hydrogens (tertiary/aromatic N) is 2. The lowest BCUT2D eigenvalue weighted by Gasteiger charge is -2.18. The highest BCUT2D eigenvalue weighted by molar-refractivity contribution is 5.79. The van der Waals surface area contributed by atoms with Crippen molar-refractivity contribution in [2.45, 2.75) is 19.9 Å². The molecule has 0 heterocycles. The van der Waals surface area contributed by atoms with E-state index in [0.29, 0.717) is 6.54 Å². The van der Waals surface area contributed by atoms with Crippen molar-refractivity contribution in [3.63, 3.8) is 0 Å². The van der Waals surface area contributed by atoms with Crippen molar-refractivity contribution in [2.75, 3.05) is 61.2 Å². The average molecular weight is 367 g/mol. The van der Waals surface area contributed by atoms with Gasteiger partial charge in [-0.05, 0) is 38.1 Å². The van der Waals surface area contributed by atoms with Gasteiger partial charge in [0.1, 0.15) is 0 Å². The Labute approximate surface area is 157 Å². The van der Waals surface area contributed by atoms with Gasteiger partial charge in [0.2, 0.25) is 0 Å². The Hall–Kier alpha value is -1.99. The third-order valence-corrected chi connectivity index (χ3v) is 3.89. The molecule has 0 aromatic heterocycles. The summed E-state index contributed by atoms with van der Waals surface area (Å²) in [6.07, 6.45) is 1.04. The summed E-state index contributed by atoms with van der Waals surface area (Å²) >= 11 is 0. The number of methoxy groups -OCH3 is 3. The first kappa shape index (κ1) is 22.1. The first-order valence-corrected chi connectivity index (χ1v) is 9.05. The molecule has 26 heavy (non-hydrogen) atoms. The molecule has 0 saturated carbocycles. The predicted octanol–water partition coefficient (Wildman–Crippen LogP) is 1.73. The summed E-state index contributed by atoms with van der Waals surface area (Å²) in [5.41, 5.74) is 1.07. The van der Waals surface area contributed by atoms with Crippen molar-refractivity contribution in [3.05, 3.63) is 23.8 Å². The number of nitrogens with one attached hydrogen (secondary N) is 2. The fourth-order valence-corrected chi connectivity index (χ4v) is 2.45. The fourth-order valence-electron chi connectivity index (χ4n) is 2.45. The van der Waals surface area contributed by atoms with Crippen molar-refractivity contribution < 1.29 is 14.2 Å². The minimum Gasteiger partial charge on any atom is -0.493 e. The van der Waals surface area contributed by atoms with Gasteiger partial charge in [0, 0.05) is 39.9 Å². The van der Waals surface area contributed by atoms with Crippen molar-refractivity contribution in [1.29, 1.82) is 0 Å². The largest absolute Gasteiger partial charge is 0.493 e. The second kappa shape index (κ2) is 13.2. The summed E-state index contributed by atoms with van der Waals surface area (Å²) in [4.78, 5) is 6.93. The molecule has 0 aliphatic carbocycles. The minimum absolute atomic E-state index is 0.569. The molecule has 148 valence electrons. The number of hydrogen-bond donors (Lipinski definition) is 2. The minimum atomic E-state index is 0.569. The molecule has 1 rings (SSSR count). The van der Waals surface area contributed by atoms with E-state index in [1.165, 1.54) is 0 Å². The maximum atomic E-state index is 5.34. The Kier molecular flexibility index (Phi) is 11.2. The lowest BCUT2D eigenvalue weighted by molar-refractivity contribution is 0.180. The summed E-state index contributed by atoms with van der Waals surface area (Å²) in [5.74, 6) is 2.25. The van der Waals surface area contributed by atoms with E-state index >= 15 is 0 Å². The van der Waals surface area contributed by atoms with Gasteiger partial charge in [-0.2, -0.15) is 0 Å². The van der Waals surface area contributed by atoms with Crippen molar-refractivity contribution in [1.82, 2.24) is 15.5 Å². The molecule has 1 aromatic rings. The van der Waals surface area contributed by atoms with E-state index in [1.54, 1.807) is 21.3 Å². The smallest absolute Gasteiger partial charge is 0.191 e. The van der Waals surface area contributed by atoms with E-state index in [0.717, 1.165) is 62.2 Å². The van der Waals surface area contributed by atoms with E-state index in [1.807, 2.05) is 18.2 Å². The molecular weight excluding hydrogens is 332 g/mol. The lowest BCUT2D eigenvalue weighted by atomic mass is 10.2. The van der Waals surface area contributed by atoms with Crippen molar-refractivity contribution in [2.24, 2.45) is 4.99 Å². The third-order valence-electron chi connectivity index (χ3n) is 3.89. The van der Waals surface area contributed by atoms with Gasteiger partial charge in [-0.1, -0.05) is 6.07 Å². The number of guanidine groups is 1. The van der Waals surface area contributed by atoms with Crippen LogP contribution in [0.15, 0.2) is 23.2 Å². The van der Waals surface area contributed by atoms with Crippen LogP contribution in [0.1, 0.15) is 18.9 Å². The van der Waals surface area contributed by atoms with Gasteiger partial charge in [-0.25, -0.2) is 4.99 Å². The molecule has 0 radical (unpaired) electrons. The maximum Gasteiger partial charge on any atom is 0.191 e. The topological polar surface area (TPSA) is 67.4 Å². The monoisotopic (exact) mass is 366 g/mol. The Morgan fingerprint density at radius 3 is 2.50 bits per heavy atom. The zero-order valence-electron chi connectivity index (χ0n) is 16.8. The molecule has 2 N–H and O–H groups in total.